The van der Waals surface area contributed by atoms with Gasteiger partial charge in [-0.2, -0.15) is 0 Å². The normalized spacial score (nSPS) is 30.0. The van der Waals surface area contributed by atoms with E-state index < -0.39 is 5.91 Å². The topological polar surface area (TPSA) is 54.3 Å². The largest absolute Gasteiger partial charge is 0.315 e. The van der Waals surface area contributed by atoms with Crippen LogP contribution in [0.5, 0.6) is 0 Å². The van der Waals surface area contributed by atoms with Crippen LogP contribution < -0.4 is 5.32 Å². The lowest BCUT2D eigenvalue weighted by Crippen LogP contribution is -2.57. The van der Waals surface area contributed by atoms with Gasteiger partial charge < -0.3 is 5.32 Å². The number of hydrogen-bond acceptors (Lipinski definition) is 3. The first-order valence-corrected chi connectivity index (χ1v) is 6.20. The van der Waals surface area contributed by atoms with Crippen molar-refractivity contribution >= 4 is 5.84 Å². The summed E-state index contributed by atoms with van der Waals surface area (Å²) in [5, 5.41) is 11.0. The molecule has 0 aromatic heterocycles. The molecule has 2 aliphatic heterocycles. The molecule has 1 fully saturated rings. The summed E-state index contributed by atoms with van der Waals surface area (Å²) in [7, 11) is 0. The summed E-state index contributed by atoms with van der Waals surface area (Å²) in [6.07, 6.45) is -0.232. The zero-order valence-electron chi connectivity index (χ0n) is 11.1. The maximum atomic E-state index is 8.02. The van der Waals surface area contributed by atoms with Gasteiger partial charge in [0.25, 0.3) is 5.91 Å². The SMILES string of the molecule is CC1OC2(NC(=N)c3cccc(C(C)(C)C)c32)O1. The summed E-state index contributed by atoms with van der Waals surface area (Å²) in [6.45, 7) is 8.31. The van der Waals surface area contributed by atoms with Gasteiger partial charge in [0.15, 0.2) is 6.29 Å². The van der Waals surface area contributed by atoms with Crippen molar-refractivity contribution in [2.45, 2.75) is 45.3 Å². The Labute approximate surface area is 107 Å². The zero-order valence-corrected chi connectivity index (χ0v) is 11.1. The number of benzene rings is 1. The Morgan fingerprint density at radius 1 is 1.28 bits per heavy atom. The van der Waals surface area contributed by atoms with Crippen LogP contribution in [0.4, 0.5) is 0 Å². The predicted octanol–water partition coefficient (Wildman–Crippen LogP) is 2.42. The van der Waals surface area contributed by atoms with Crippen molar-refractivity contribution in [3.05, 3.63) is 34.9 Å². The number of rotatable bonds is 0. The van der Waals surface area contributed by atoms with Crippen molar-refractivity contribution in [1.82, 2.24) is 5.32 Å². The number of nitrogens with one attached hydrogen (secondary N) is 2. The fourth-order valence-corrected chi connectivity index (χ4v) is 2.69. The van der Waals surface area contributed by atoms with E-state index in [1.54, 1.807) is 0 Å². The third-order valence-electron chi connectivity index (χ3n) is 3.42. The molecule has 0 bridgehead atoms. The summed E-state index contributed by atoms with van der Waals surface area (Å²) < 4.78 is 11.5. The van der Waals surface area contributed by atoms with Crippen molar-refractivity contribution in [1.29, 1.82) is 5.41 Å². The Morgan fingerprint density at radius 3 is 2.50 bits per heavy atom. The molecule has 0 aliphatic carbocycles. The average molecular weight is 246 g/mol. The minimum Gasteiger partial charge on any atom is -0.315 e. The van der Waals surface area contributed by atoms with Gasteiger partial charge in [-0.3, -0.25) is 14.9 Å². The fourth-order valence-electron chi connectivity index (χ4n) is 2.69. The molecule has 1 aromatic carbocycles. The highest BCUT2D eigenvalue weighted by Crippen LogP contribution is 2.46. The fraction of sp³-hybridized carbons (Fsp3) is 0.500. The molecule has 3 rings (SSSR count). The molecule has 1 saturated heterocycles. The molecule has 0 atom stereocenters. The summed E-state index contributed by atoms with van der Waals surface area (Å²) in [4.78, 5) is 0. The van der Waals surface area contributed by atoms with Crippen LogP contribution in [0.15, 0.2) is 18.2 Å². The van der Waals surface area contributed by atoms with Gasteiger partial charge >= 0.3 is 0 Å². The maximum Gasteiger partial charge on any atom is 0.284 e. The molecule has 2 aliphatic rings. The van der Waals surface area contributed by atoms with E-state index in [1.165, 1.54) is 0 Å². The van der Waals surface area contributed by atoms with E-state index in [0.29, 0.717) is 5.84 Å². The first kappa shape index (κ1) is 11.7. The van der Waals surface area contributed by atoms with Gasteiger partial charge in [0, 0.05) is 11.1 Å². The first-order chi connectivity index (χ1) is 8.33. The molecule has 1 aromatic rings. The van der Waals surface area contributed by atoms with Gasteiger partial charge in [-0.1, -0.05) is 39.0 Å². The van der Waals surface area contributed by atoms with E-state index in [9.17, 15) is 0 Å². The highest BCUT2D eigenvalue weighted by Gasteiger charge is 2.55. The third-order valence-corrected chi connectivity index (χ3v) is 3.42. The second-order valence-corrected chi connectivity index (χ2v) is 5.90. The summed E-state index contributed by atoms with van der Waals surface area (Å²) in [5.41, 5.74) is 2.97. The highest BCUT2D eigenvalue weighted by atomic mass is 16.9. The number of hydrogen-bond donors (Lipinski definition) is 2. The van der Waals surface area contributed by atoms with Crippen molar-refractivity contribution < 1.29 is 9.47 Å². The predicted molar refractivity (Wildman–Crippen MR) is 68.4 cm³/mol. The van der Waals surface area contributed by atoms with Crippen LogP contribution in [0.2, 0.25) is 0 Å². The molecule has 4 nitrogen and oxygen atoms in total. The van der Waals surface area contributed by atoms with E-state index >= 15 is 0 Å². The molecular weight excluding hydrogens is 228 g/mol. The molecule has 96 valence electrons. The Morgan fingerprint density at radius 2 is 1.94 bits per heavy atom. The standard InChI is InChI=1S/C14H18N2O2/c1-8-17-14(18-8)11-9(12(15)16-14)6-5-7-10(11)13(2,3)4/h5-8H,1-4H3,(H2,15,16). The Hall–Kier alpha value is -1.39. The molecule has 2 N–H and O–H groups in total. The third kappa shape index (κ3) is 1.42. The van der Waals surface area contributed by atoms with E-state index in [2.05, 4.69) is 32.2 Å². The summed E-state index contributed by atoms with van der Waals surface area (Å²) in [5.74, 6) is -0.571. The summed E-state index contributed by atoms with van der Waals surface area (Å²) in [6, 6.07) is 6.00. The maximum absolute atomic E-state index is 8.02. The summed E-state index contributed by atoms with van der Waals surface area (Å²) >= 11 is 0. The number of ether oxygens (including phenoxy) is 2. The zero-order chi connectivity index (χ0) is 13.1. The smallest absolute Gasteiger partial charge is 0.284 e. The lowest BCUT2D eigenvalue weighted by atomic mass is 9.81. The second kappa shape index (κ2) is 3.33. The first-order valence-electron chi connectivity index (χ1n) is 6.20. The number of amidine groups is 1. The number of fused-ring (bicyclic) bond motifs is 2. The van der Waals surface area contributed by atoms with Crippen molar-refractivity contribution in [3.8, 4) is 0 Å². The van der Waals surface area contributed by atoms with Gasteiger partial charge in [0.05, 0.1) is 0 Å². The quantitative estimate of drug-likeness (QED) is 0.739. The van der Waals surface area contributed by atoms with Crippen LogP contribution in [-0.4, -0.2) is 12.1 Å². The van der Waals surface area contributed by atoms with Gasteiger partial charge in [0.1, 0.15) is 5.84 Å². The molecule has 0 saturated carbocycles. The van der Waals surface area contributed by atoms with Crippen molar-refractivity contribution in [2.75, 3.05) is 0 Å². The molecule has 1 spiro atoms. The van der Waals surface area contributed by atoms with Crippen LogP contribution in [0.1, 0.15) is 44.4 Å². The lowest BCUT2D eigenvalue weighted by molar-refractivity contribution is -0.461. The Bertz CT molecular complexity index is 525. The monoisotopic (exact) mass is 246 g/mol. The Balaban J connectivity index is 2.20. The van der Waals surface area contributed by atoms with E-state index in [4.69, 9.17) is 14.9 Å². The van der Waals surface area contributed by atoms with Crippen LogP contribution in [0.3, 0.4) is 0 Å². The van der Waals surface area contributed by atoms with Crippen LogP contribution in [0.25, 0.3) is 0 Å². The van der Waals surface area contributed by atoms with E-state index in [-0.39, 0.29) is 11.7 Å². The average Bonchev–Trinajstić information content (AvgIpc) is 2.51. The second-order valence-electron chi connectivity index (χ2n) is 5.90. The molecule has 18 heavy (non-hydrogen) atoms. The van der Waals surface area contributed by atoms with Crippen LogP contribution in [0, 0.1) is 5.41 Å². The van der Waals surface area contributed by atoms with Crippen molar-refractivity contribution in [2.24, 2.45) is 0 Å². The minimum atomic E-state index is -0.935. The molecule has 0 unspecified atom stereocenters. The minimum absolute atomic E-state index is 0.0177. The van der Waals surface area contributed by atoms with Gasteiger partial charge in [-0.15, -0.1) is 0 Å². The van der Waals surface area contributed by atoms with Crippen LogP contribution in [-0.2, 0) is 20.8 Å². The Kier molecular flexibility index (Phi) is 2.17. The lowest BCUT2D eigenvalue weighted by Gasteiger charge is -2.45. The van der Waals surface area contributed by atoms with Gasteiger partial charge in [0.2, 0.25) is 0 Å². The molecule has 0 amide bonds. The van der Waals surface area contributed by atoms with Crippen LogP contribution >= 0.6 is 0 Å². The van der Waals surface area contributed by atoms with Crippen molar-refractivity contribution in [3.63, 3.8) is 0 Å². The van der Waals surface area contributed by atoms with E-state index in [1.807, 2.05) is 19.1 Å². The molecule has 4 heteroatoms. The molecular formula is C14H18N2O2. The van der Waals surface area contributed by atoms with Gasteiger partial charge in [-0.25, -0.2) is 0 Å². The molecule has 0 radical (unpaired) electrons. The molecule has 2 heterocycles. The highest BCUT2D eigenvalue weighted by molar-refractivity contribution is 6.02. The van der Waals surface area contributed by atoms with Gasteiger partial charge in [-0.05, 0) is 17.9 Å². The van der Waals surface area contributed by atoms with E-state index in [0.717, 1.165) is 16.7 Å².